The summed E-state index contributed by atoms with van der Waals surface area (Å²) < 4.78 is 5.52. The number of aromatic nitrogens is 4. The zero-order valence-corrected chi connectivity index (χ0v) is 18.5. The molecule has 0 bridgehead atoms. The number of urea groups is 1. The highest BCUT2D eigenvalue weighted by Gasteiger charge is 2.44. The van der Waals surface area contributed by atoms with Crippen LogP contribution in [0.4, 0.5) is 22.5 Å². The van der Waals surface area contributed by atoms with Crippen molar-refractivity contribution in [3.05, 3.63) is 18.0 Å². The van der Waals surface area contributed by atoms with E-state index in [4.69, 9.17) is 20.4 Å². The monoisotopic (exact) mass is 439 g/mol. The van der Waals surface area contributed by atoms with E-state index in [-0.39, 0.29) is 17.5 Å². The first-order valence-electron chi connectivity index (χ1n) is 11.0. The molecule has 0 spiro atoms. The van der Waals surface area contributed by atoms with Crippen molar-refractivity contribution in [3.63, 3.8) is 0 Å². The van der Waals surface area contributed by atoms with Gasteiger partial charge in [0, 0.05) is 63.3 Å². The number of ether oxygens (including phenoxy) is 1. The molecule has 11 heteroatoms. The van der Waals surface area contributed by atoms with E-state index >= 15 is 0 Å². The first-order valence-corrected chi connectivity index (χ1v) is 11.0. The summed E-state index contributed by atoms with van der Waals surface area (Å²) in [6.07, 6.45) is 5.16. The molecule has 2 amide bonds. The molecule has 170 valence electrons. The summed E-state index contributed by atoms with van der Waals surface area (Å²) in [4.78, 5) is 37.0. The molecule has 32 heavy (non-hydrogen) atoms. The normalized spacial score (nSPS) is 22.9. The number of nitrogens with zero attached hydrogens (tertiary/aromatic N) is 7. The number of nitrogens with two attached hydrogens (primary N) is 1. The summed E-state index contributed by atoms with van der Waals surface area (Å²) in [7, 11) is 1.67. The van der Waals surface area contributed by atoms with Gasteiger partial charge in [0.2, 0.25) is 11.9 Å². The highest BCUT2D eigenvalue weighted by molar-refractivity contribution is 5.76. The second kappa shape index (κ2) is 8.05. The number of hydrogen-bond donors (Lipinski definition) is 2. The van der Waals surface area contributed by atoms with Crippen LogP contribution in [-0.2, 0) is 11.2 Å². The molecule has 0 saturated carbocycles. The number of nitrogens with one attached hydrogen (secondary N) is 1. The number of rotatable bonds is 3. The van der Waals surface area contributed by atoms with Gasteiger partial charge >= 0.3 is 6.03 Å². The van der Waals surface area contributed by atoms with Gasteiger partial charge in [0.15, 0.2) is 0 Å². The number of likely N-dealkylation sites (tertiary alicyclic amines) is 1. The van der Waals surface area contributed by atoms with Crippen molar-refractivity contribution in [2.45, 2.75) is 25.3 Å². The van der Waals surface area contributed by atoms with Crippen LogP contribution in [0.1, 0.15) is 18.9 Å². The molecule has 5 rings (SSSR count). The van der Waals surface area contributed by atoms with Crippen LogP contribution in [0.2, 0.25) is 0 Å². The Morgan fingerprint density at radius 3 is 2.62 bits per heavy atom. The third-order valence-corrected chi connectivity index (χ3v) is 6.66. The average molecular weight is 440 g/mol. The standard InChI is InChI=1S/C21H29N9O2/c1-21(4-6-29(13-21)20(31)23-2)30-5-3-15-16(14-11-24-18(22)25-12-14)26-19(27-17(15)30)28-7-9-32-10-8-28/h11-12H,3-10,13H2,1-2H3,(H,23,31)(H2,22,24,25)/t21-/m1/s1. The number of carbonyl (C=O) groups excluding carboxylic acids is 1. The van der Waals surface area contributed by atoms with Crippen LogP contribution >= 0.6 is 0 Å². The maximum Gasteiger partial charge on any atom is 0.317 e. The highest BCUT2D eigenvalue weighted by atomic mass is 16.5. The quantitative estimate of drug-likeness (QED) is 0.704. The predicted octanol–water partition coefficient (Wildman–Crippen LogP) is 0.519. The summed E-state index contributed by atoms with van der Waals surface area (Å²) in [5.74, 6) is 1.87. The number of morpholine rings is 1. The van der Waals surface area contributed by atoms with Gasteiger partial charge in [0.1, 0.15) is 5.82 Å². The number of carbonyl (C=O) groups is 1. The second-order valence-corrected chi connectivity index (χ2v) is 8.73. The largest absolute Gasteiger partial charge is 0.378 e. The van der Waals surface area contributed by atoms with E-state index < -0.39 is 0 Å². The average Bonchev–Trinajstić information content (AvgIpc) is 3.44. The molecular formula is C21H29N9O2. The van der Waals surface area contributed by atoms with E-state index in [1.807, 2.05) is 4.90 Å². The zero-order valence-electron chi connectivity index (χ0n) is 18.5. The van der Waals surface area contributed by atoms with E-state index in [0.717, 1.165) is 61.7 Å². The molecule has 0 radical (unpaired) electrons. The topological polar surface area (TPSA) is 126 Å². The van der Waals surface area contributed by atoms with Crippen LogP contribution in [0.25, 0.3) is 11.3 Å². The Labute approximate surface area is 187 Å². The Balaban J connectivity index is 1.56. The third-order valence-electron chi connectivity index (χ3n) is 6.66. The van der Waals surface area contributed by atoms with Crippen molar-refractivity contribution in [2.24, 2.45) is 0 Å². The van der Waals surface area contributed by atoms with Crippen LogP contribution in [-0.4, -0.2) is 89.4 Å². The Kier molecular flexibility index (Phi) is 5.20. The first kappa shape index (κ1) is 20.7. The van der Waals surface area contributed by atoms with Gasteiger partial charge in [-0.25, -0.2) is 19.7 Å². The van der Waals surface area contributed by atoms with Crippen LogP contribution < -0.4 is 20.9 Å². The van der Waals surface area contributed by atoms with Crippen molar-refractivity contribution in [3.8, 4) is 11.3 Å². The molecule has 5 heterocycles. The fourth-order valence-electron chi connectivity index (χ4n) is 4.87. The summed E-state index contributed by atoms with van der Waals surface area (Å²) in [5, 5.41) is 2.74. The Morgan fingerprint density at radius 1 is 1.16 bits per heavy atom. The highest BCUT2D eigenvalue weighted by Crippen LogP contribution is 2.41. The lowest BCUT2D eigenvalue weighted by Gasteiger charge is -2.37. The molecule has 11 nitrogen and oxygen atoms in total. The maximum absolute atomic E-state index is 12.2. The molecule has 0 unspecified atom stereocenters. The lowest BCUT2D eigenvalue weighted by Crippen LogP contribution is -2.49. The van der Waals surface area contributed by atoms with E-state index in [2.05, 4.69) is 32.0 Å². The minimum absolute atomic E-state index is 0.0375. The summed E-state index contributed by atoms with van der Waals surface area (Å²) >= 11 is 0. The van der Waals surface area contributed by atoms with Crippen LogP contribution in [0.3, 0.4) is 0 Å². The molecule has 3 aliphatic rings. The molecule has 0 aromatic carbocycles. The Bertz CT molecular complexity index is 1010. The molecule has 2 aromatic rings. The summed E-state index contributed by atoms with van der Waals surface area (Å²) in [6.45, 7) is 7.24. The lowest BCUT2D eigenvalue weighted by molar-refractivity contribution is 0.122. The fourth-order valence-corrected chi connectivity index (χ4v) is 4.87. The van der Waals surface area contributed by atoms with Gasteiger partial charge in [0.05, 0.1) is 24.4 Å². The third kappa shape index (κ3) is 3.56. The minimum atomic E-state index is -0.191. The van der Waals surface area contributed by atoms with Gasteiger partial charge in [-0.2, -0.15) is 4.98 Å². The first-order chi connectivity index (χ1) is 15.5. The molecule has 2 saturated heterocycles. The summed E-state index contributed by atoms with van der Waals surface area (Å²) in [6, 6.07) is -0.0375. The van der Waals surface area contributed by atoms with E-state index in [1.165, 1.54) is 0 Å². The molecule has 2 fully saturated rings. The van der Waals surface area contributed by atoms with E-state index in [1.54, 1.807) is 19.4 Å². The number of hydrogen-bond acceptors (Lipinski definition) is 9. The molecule has 1 atom stereocenters. The summed E-state index contributed by atoms with van der Waals surface area (Å²) in [5.41, 5.74) is 8.30. The molecule has 2 aromatic heterocycles. The Morgan fingerprint density at radius 2 is 1.91 bits per heavy atom. The number of fused-ring (bicyclic) bond motifs is 1. The van der Waals surface area contributed by atoms with Crippen LogP contribution in [0, 0.1) is 0 Å². The molecule has 0 aliphatic carbocycles. The number of anilines is 3. The second-order valence-electron chi connectivity index (χ2n) is 8.73. The number of amides is 2. The van der Waals surface area contributed by atoms with Gasteiger partial charge < -0.3 is 30.5 Å². The molecule has 3 aliphatic heterocycles. The van der Waals surface area contributed by atoms with E-state index in [0.29, 0.717) is 25.7 Å². The Hall–Kier alpha value is -3.21. The molecule has 3 N–H and O–H groups in total. The van der Waals surface area contributed by atoms with Crippen molar-refractivity contribution in [2.75, 3.05) is 68.5 Å². The molecular weight excluding hydrogens is 410 g/mol. The lowest BCUT2D eigenvalue weighted by atomic mass is 9.99. The van der Waals surface area contributed by atoms with Gasteiger partial charge in [-0.1, -0.05) is 0 Å². The van der Waals surface area contributed by atoms with Crippen molar-refractivity contribution in [1.82, 2.24) is 30.2 Å². The smallest absolute Gasteiger partial charge is 0.317 e. The van der Waals surface area contributed by atoms with Gasteiger partial charge in [0.25, 0.3) is 0 Å². The van der Waals surface area contributed by atoms with Gasteiger partial charge in [-0.05, 0) is 19.8 Å². The zero-order chi connectivity index (χ0) is 22.3. The predicted molar refractivity (Wildman–Crippen MR) is 121 cm³/mol. The van der Waals surface area contributed by atoms with Crippen molar-refractivity contribution < 1.29 is 9.53 Å². The fraction of sp³-hybridized carbons (Fsp3) is 0.571. The van der Waals surface area contributed by atoms with Crippen molar-refractivity contribution in [1.29, 1.82) is 0 Å². The van der Waals surface area contributed by atoms with Gasteiger partial charge in [-0.15, -0.1) is 0 Å². The van der Waals surface area contributed by atoms with Gasteiger partial charge in [-0.3, -0.25) is 0 Å². The SMILES string of the molecule is CNC(=O)N1CC[C@@](C)(N2CCc3c(-c4cnc(N)nc4)nc(N4CCOCC4)nc32)C1. The number of nitrogen functional groups attached to an aromatic ring is 1. The van der Waals surface area contributed by atoms with E-state index in [9.17, 15) is 4.79 Å². The van der Waals surface area contributed by atoms with Crippen LogP contribution in [0.15, 0.2) is 12.4 Å². The van der Waals surface area contributed by atoms with Crippen LogP contribution in [0.5, 0.6) is 0 Å². The maximum atomic E-state index is 12.2. The van der Waals surface area contributed by atoms with Crippen molar-refractivity contribution >= 4 is 23.7 Å². The minimum Gasteiger partial charge on any atom is -0.378 e.